The van der Waals surface area contributed by atoms with E-state index >= 15 is 0 Å². The molecule has 3 spiro atoms. The van der Waals surface area contributed by atoms with Crippen LogP contribution in [0.1, 0.15) is 220 Å². The van der Waals surface area contributed by atoms with Crippen molar-refractivity contribution in [2.75, 3.05) is 92.8 Å². The van der Waals surface area contributed by atoms with Crippen LogP contribution in [0.25, 0.3) is 16.7 Å². The van der Waals surface area contributed by atoms with Gasteiger partial charge in [-0.2, -0.15) is 0 Å². The van der Waals surface area contributed by atoms with E-state index in [2.05, 4.69) is 92.2 Å². The van der Waals surface area contributed by atoms with Crippen molar-refractivity contribution in [3.05, 3.63) is 282 Å². The number of para-hydroxylation sites is 1. The van der Waals surface area contributed by atoms with Crippen molar-refractivity contribution in [3.8, 4) is 51.7 Å². The maximum Gasteiger partial charge on any atom is 1.00 e. The average Bonchev–Trinajstić information content (AvgIpc) is 0.729. The predicted octanol–water partition coefficient (Wildman–Crippen LogP) is 18.6. The number of aromatic hydroxyl groups is 4. The third kappa shape index (κ3) is 24.3. The molecule has 6 heterocycles. The molecule has 6 aliphatic heterocycles. The van der Waals surface area contributed by atoms with E-state index in [-0.39, 0.29) is 137 Å². The van der Waals surface area contributed by atoms with E-state index in [4.69, 9.17) is 45.5 Å². The van der Waals surface area contributed by atoms with E-state index in [1.165, 1.54) is 86.6 Å². The number of methoxy groups -OCH3 is 2. The number of ether oxygens (including phenoxy) is 5. The van der Waals surface area contributed by atoms with Crippen LogP contribution >= 0.6 is 11.6 Å². The number of piperidine rings is 3. The van der Waals surface area contributed by atoms with E-state index in [1.54, 1.807) is 43.5 Å². The number of carbonyl (C=O) groups excluding carboxylic acids is 6. The van der Waals surface area contributed by atoms with Gasteiger partial charge in [0.1, 0.15) is 62.8 Å². The van der Waals surface area contributed by atoms with Crippen LogP contribution in [-0.4, -0.2) is 180 Å². The summed E-state index contributed by atoms with van der Waals surface area (Å²) in [7, 11) is 3.18. The number of carbonyl (C=O) groups is 6. The standard InChI is InChI=1S/C28H35N2O2.C25H30N2O3.C24H28N2O3.C9H10O3.C8H7ClO2.C8H8O2.Ru.U/c1-7-30(8-2)27(31)23-11-9-22(10-12-23)25-21(6)28(13-15-29-16-14-28)32-26-20(5)19(4)18(3)17-24(25)26;1-4-27(5-2)24(28)19-8-6-18(7-9-19)22-17-25(12-14-26-15-13-25)30-23-16-20(29-3)10-11-21(22)23;1-3-26(4-2)23(28)18-7-5-17(6-8-18)21-16-24(11-13-25-14-12-24)29-22-15-19(27)9-10-20(21)22;1-6(10)8-5-7(12-2)3-4-9(8)11;1-5(10)7-4-6(9)2-3-8(7)11;1-6(9)7-4-2-3-5-8(7)10;;/h9-12,29H,7-8,13-16H2,1-6H3;6-11,16-17,26H,4-5,12-15H2,1-3H3;5-10,15-16,25,27H,3-4,11-14H2,1-2H3;3-5,11H,1-2H3;2-4,11H,1H3;2-5,10H,1H3;;/q-1;;;;;;+1;. The number of fused-ring (bicyclic) bond motifs is 3. The number of rotatable bonds is 17. The smallest absolute Gasteiger partial charge is 0.528 e. The molecule has 665 valence electrons. The van der Waals surface area contributed by atoms with E-state index in [0.717, 1.165) is 169 Å². The molecule has 0 aliphatic carbocycles. The summed E-state index contributed by atoms with van der Waals surface area (Å²) in [6.45, 7) is 34.7. The molecule has 0 atom stereocenters. The Hall–Kier alpha value is -10.3. The first-order chi connectivity index (χ1) is 59.4. The number of halogens is 1. The fourth-order valence-electron chi connectivity index (χ4n) is 16.2. The zero-order valence-corrected chi connectivity index (χ0v) is 81.6. The van der Waals surface area contributed by atoms with E-state index in [0.29, 0.717) is 53.8 Å². The van der Waals surface area contributed by atoms with Crippen molar-refractivity contribution in [2.45, 2.75) is 145 Å². The van der Waals surface area contributed by atoms with Gasteiger partial charge in [-0.05, 0) is 252 Å². The van der Waals surface area contributed by atoms with Gasteiger partial charge >= 0.3 is 19.5 Å². The number of phenolic OH excluding ortho intramolecular Hbond substituents is 4. The quantitative estimate of drug-likeness (QED) is 0.0253. The van der Waals surface area contributed by atoms with Crippen LogP contribution in [0.15, 0.2) is 188 Å². The minimum atomic E-state index is -0.364. The van der Waals surface area contributed by atoms with E-state index in [9.17, 15) is 39.0 Å². The second-order valence-electron chi connectivity index (χ2n) is 31.4. The Bertz CT molecular complexity index is 5410. The molecule has 6 aliphatic rings. The zero-order valence-electron chi connectivity index (χ0n) is 74.9. The number of phenols is 4. The molecular formula is C102H118ClN6O15RuU. The monoisotopic (exact) mass is 2040 g/mol. The SMILES string of the molecule is CC(=O)c1cc(Cl)ccc1O.CC(=O)c1ccccc1O.CCN(CC)C(=O)c1ccc(C2=C(C)C3(CCNCC3)Oc3c2[c-]c(C)c(C)c3C)cc1.CCN(CC)C(=O)c1ccc(C2=CC3(CCNCC3)Oc3cc(O)ccc32)cc1.CCN(CC)C(=O)c1ccc(C2=CC3(CCNCC3)Oc3cc(OC)ccc32)cc1.COc1ccc(O)c(C(C)=O)c1.[Ru+].[U]. The summed E-state index contributed by atoms with van der Waals surface area (Å²) in [5, 5.41) is 48.1. The number of ketones is 3. The number of nitrogens with one attached hydrogen (secondary N) is 3. The summed E-state index contributed by atoms with van der Waals surface area (Å²) < 4.78 is 30.0. The summed E-state index contributed by atoms with van der Waals surface area (Å²) >= 11 is 5.60. The van der Waals surface area contributed by atoms with Crippen LogP contribution in [0.4, 0.5) is 0 Å². The Morgan fingerprint density at radius 1 is 0.444 bits per heavy atom. The molecule has 3 amide bonds. The van der Waals surface area contributed by atoms with Crippen molar-refractivity contribution in [3.63, 3.8) is 0 Å². The fraction of sp³-hybridized carbons (Fsp3) is 0.353. The number of nitrogens with zero attached hydrogens (tertiary/aromatic N) is 3. The molecule has 3 saturated heterocycles. The van der Waals surface area contributed by atoms with Gasteiger partial charge in [-0.25, -0.2) is 0 Å². The molecule has 9 aromatic carbocycles. The Morgan fingerprint density at radius 2 is 0.825 bits per heavy atom. The summed E-state index contributed by atoms with van der Waals surface area (Å²) in [5.74, 6) is 3.86. The number of benzene rings is 9. The van der Waals surface area contributed by atoms with Crippen molar-refractivity contribution in [1.82, 2.24) is 30.7 Å². The Morgan fingerprint density at radius 3 is 1.24 bits per heavy atom. The largest absolute Gasteiger partial charge is 1.00 e. The number of aryl methyl sites for hydroxylation is 1. The van der Waals surface area contributed by atoms with Crippen LogP contribution in [0, 0.1) is 58.0 Å². The summed E-state index contributed by atoms with van der Waals surface area (Å²) in [4.78, 5) is 76.1. The second-order valence-corrected chi connectivity index (χ2v) is 31.9. The third-order valence-electron chi connectivity index (χ3n) is 23.8. The molecule has 24 heteroatoms. The predicted molar refractivity (Wildman–Crippen MR) is 490 cm³/mol. The fourth-order valence-corrected chi connectivity index (χ4v) is 16.3. The molecule has 3 fully saturated rings. The first kappa shape index (κ1) is 101. The van der Waals surface area contributed by atoms with Gasteiger partial charge in [0.25, 0.3) is 17.7 Å². The van der Waals surface area contributed by atoms with Crippen molar-refractivity contribution < 1.29 is 123 Å². The Kier molecular flexibility index (Phi) is 37.2. The van der Waals surface area contributed by atoms with Crippen LogP contribution in [0.2, 0.25) is 5.02 Å². The molecular weight excluding hydrogens is 1920 g/mol. The molecule has 21 nitrogen and oxygen atoms in total. The van der Waals surface area contributed by atoms with Gasteiger partial charge in [0.05, 0.1) is 30.9 Å². The minimum absolute atomic E-state index is 0. The molecule has 9 aromatic rings. The number of hydrogen-bond acceptors (Lipinski definition) is 18. The normalized spacial score (nSPS) is 14.9. The van der Waals surface area contributed by atoms with Gasteiger partial charge in [-0.3, -0.25) is 28.8 Å². The molecule has 0 unspecified atom stereocenters. The third-order valence-corrected chi connectivity index (χ3v) is 24.0. The van der Waals surface area contributed by atoms with Gasteiger partial charge < -0.3 is 74.8 Å². The maximum atomic E-state index is 12.8. The van der Waals surface area contributed by atoms with Crippen molar-refractivity contribution in [2.24, 2.45) is 0 Å². The Balaban J connectivity index is 0.000000197. The molecule has 7 N–H and O–H groups in total. The first-order valence-corrected chi connectivity index (χ1v) is 43.1. The topological polar surface area (TPSA) is 275 Å². The molecule has 126 heavy (non-hydrogen) atoms. The van der Waals surface area contributed by atoms with E-state index < -0.39 is 0 Å². The summed E-state index contributed by atoms with van der Waals surface area (Å²) in [6, 6.07) is 54.3. The van der Waals surface area contributed by atoms with Crippen LogP contribution in [-0.2, 0) is 19.5 Å². The van der Waals surface area contributed by atoms with Gasteiger partial charge in [0.2, 0.25) is 0 Å². The second kappa shape index (κ2) is 46.4. The molecule has 0 aromatic heterocycles. The van der Waals surface area contributed by atoms with Crippen LogP contribution in [0.5, 0.6) is 51.7 Å². The number of amides is 3. The molecule has 15 rings (SSSR count). The van der Waals surface area contributed by atoms with E-state index in [1.807, 2.05) is 123 Å². The van der Waals surface area contributed by atoms with Gasteiger partial charge in [-0.15, -0.1) is 22.8 Å². The molecule has 0 bridgehead atoms. The van der Waals surface area contributed by atoms with Crippen LogP contribution < -0.4 is 39.6 Å². The van der Waals surface area contributed by atoms with Crippen LogP contribution in [0.3, 0.4) is 0 Å². The maximum absolute atomic E-state index is 12.8. The van der Waals surface area contributed by atoms with Gasteiger partial charge in [0, 0.05) is 160 Å². The molecule has 0 saturated carbocycles. The first-order valence-electron chi connectivity index (χ1n) is 42.7. The Labute approximate surface area is 783 Å². The van der Waals surface area contributed by atoms with Crippen molar-refractivity contribution in [1.29, 1.82) is 0 Å². The number of Topliss-reactive ketones (excluding diaryl/α,β-unsaturated/α-hetero) is 3. The summed E-state index contributed by atoms with van der Waals surface area (Å²) in [5.41, 5.74) is 16.8. The minimum Gasteiger partial charge on any atom is -0.528 e. The summed E-state index contributed by atoms with van der Waals surface area (Å²) in [6.07, 6.45) is 10.0. The average molecular weight is 2040 g/mol. The molecule has 1 radical (unpaired) electrons. The number of hydrogen-bond donors (Lipinski definition) is 7. The van der Waals surface area contributed by atoms with Gasteiger partial charge in [-0.1, -0.05) is 103 Å². The van der Waals surface area contributed by atoms with Gasteiger partial charge in [0.15, 0.2) is 17.3 Å². The zero-order chi connectivity index (χ0) is 89.7. The van der Waals surface area contributed by atoms with Crippen molar-refractivity contribution >= 4 is 63.4 Å².